The average Bonchev–Trinajstić information content (AvgIpc) is 2.30. The molecule has 80 valence electrons. The molecule has 0 spiro atoms. The van der Waals surface area contributed by atoms with Crippen LogP contribution in [-0.4, -0.2) is 15.3 Å². The minimum absolute atomic E-state index is 0.120. The lowest BCUT2D eigenvalue weighted by molar-refractivity contribution is 1.17. The first-order valence-electron chi connectivity index (χ1n) is 4.83. The Bertz CT molecular complexity index is 622. The molecule has 0 aliphatic rings. The number of rotatable bonds is 1. The van der Waals surface area contributed by atoms with Crippen LogP contribution < -0.4 is 5.56 Å². The van der Waals surface area contributed by atoms with Crippen LogP contribution in [-0.2, 0) is 0 Å². The van der Waals surface area contributed by atoms with Gasteiger partial charge in [-0.15, -0.1) is 0 Å². The maximum Gasteiger partial charge on any atom is 0.258 e. The SMILES string of the molecule is O=c1[nH]cnc2cc(C#CCCBr)ccc12. The molecule has 0 aliphatic carbocycles. The number of hydrogen-bond acceptors (Lipinski definition) is 2. The summed E-state index contributed by atoms with van der Waals surface area (Å²) in [6.45, 7) is 0. The van der Waals surface area contributed by atoms with Crippen molar-refractivity contribution in [3.05, 3.63) is 40.4 Å². The number of aromatic nitrogens is 2. The molecule has 0 amide bonds. The number of aromatic amines is 1. The number of alkyl halides is 1. The van der Waals surface area contributed by atoms with Crippen LogP contribution in [0.5, 0.6) is 0 Å². The van der Waals surface area contributed by atoms with Gasteiger partial charge in [0.1, 0.15) is 0 Å². The smallest absolute Gasteiger partial charge is 0.258 e. The molecular formula is C12H9BrN2O. The van der Waals surface area contributed by atoms with Crippen LogP contribution in [0.1, 0.15) is 12.0 Å². The van der Waals surface area contributed by atoms with E-state index in [1.54, 1.807) is 6.07 Å². The minimum Gasteiger partial charge on any atom is -0.313 e. The number of fused-ring (bicyclic) bond motifs is 1. The van der Waals surface area contributed by atoms with Gasteiger partial charge in [-0.05, 0) is 18.2 Å². The van der Waals surface area contributed by atoms with Gasteiger partial charge in [0.2, 0.25) is 0 Å². The Morgan fingerprint density at radius 2 is 2.31 bits per heavy atom. The lowest BCUT2D eigenvalue weighted by Crippen LogP contribution is -2.05. The Morgan fingerprint density at radius 1 is 1.44 bits per heavy atom. The van der Waals surface area contributed by atoms with Gasteiger partial charge in [0, 0.05) is 17.3 Å². The number of nitrogens with zero attached hydrogens (tertiary/aromatic N) is 1. The summed E-state index contributed by atoms with van der Waals surface area (Å²) in [5.74, 6) is 6.04. The monoisotopic (exact) mass is 276 g/mol. The van der Waals surface area contributed by atoms with Crippen LogP contribution in [0.4, 0.5) is 0 Å². The van der Waals surface area contributed by atoms with Gasteiger partial charge < -0.3 is 4.98 Å². The second kappa shape index (κ2) is 4.95. The third kappa shape index (κ3) is 2.31. The van der Waals surface area contributed by atoms with E-state index in [2.05, 4.69) is 37.7 Å². The molecule has 1 N–H and O–H groups in total. The number of benzene rings is 1. The summed E-state index contributed by atoms with van der Waals surface area (Å²) in [6, 6.07) is 5.41. The summed E-state index contributed by atoms with van der Waals surface area (Å²) in [6.07, 6.45) is 2.21. The predicted octanol–water partition coefficient (Wildman–Crippen LogP) is 2.06. The first-order chi connectivity index (χ1) is 7.81. The highest BCUT2D eigenvalue weighted by Gasteiger charge is 1.98. The molecular weight excluding hydrogens is 268 g/mol. The van der Waals surface area contributed by atoms with Crippen molar-refractivity contribution in [1.29, 1.82) is 0 Å². The molecule has 2 rings (SSSR count). The summed E-state index contributed by atoms with van der Waals surface area (Å²) in [4.78, 5) is 18.0. The van der Waals surface area contributed by atoms with Crippen LogP contribution in [0.25, 0.3) is 10.9 Å². The van der Waals surface area contributed by atoms with Crippen molar-refractivity contribution < 1.29 is 0 Å². The van der Waals surface area contributed by atoms with Gasteiger partial charge in [0.25, 0.3) is 5.56 Å². The maximum absolute atomic E-state index is 11.4. The normalized spacial score (nSPS) is 9.81. The van der Waals surface area contributed by atoms with Gasteiger partial charge >= 0.3 is 0 Å². The van der Waals surface area contributed by atoms with Gasteiger partial charge in [0.15, 0.2) is 0 Å². The van der Waals surface area contributed by atoms with Crippen molar-refractivity contribution in [1.82, 2.24) is 9.97 Å². The first kappa shape index (κ1) is 10.9. The fraction of sp³-hybridized carbons (Fsp3) is 0.167. The molecule has 0 atom stereocenters. The molecule has 16 heavy (non-hydrogen) atoms. The Balaban J connectivity index is 2.46. The van der Waals surface area contributed by atoms with Crippen molar-refractivity contribution in [2.75, 3.05) is 5.33 Å². The van der Waals surface area contributed by atoms with Gasteiger partial charge in [0.05, 0.1) is 17.2 Å². The van der Waals surface area contributed by atoms with Crippen LogP contribution in [0, 0.1) is 11.8 Å². The van der Waals surface area contributed by atoms with E-state index < -0.39 is 0 Å². The summed E-state index contributed by atoms with van der Waals surface area (Å²) < 4.78 is 0. The largest absolute Gasteiger partial charge is 0.313 e. The first-order valence-corrected chi connectivity index (χ1v) is 5.95. The highest BCUT2D eigenvalue weighted by Crippen LogP contribution is 2.08. The molecule has 0 unspecified atom stereocenters. The molecule has 0 saturated heterocycles. The zero-order valence-electron chi connectivity index (χ0n) is 8.46. The zero-order valence-corrected chi connectivity index (χ0v) is 10.0. The molecule has 0 radical (unpaired) electrons. The van der Waals surface area contributed by atoms with E-state index in [1.807, 2.05) is 12.1 Å². The molecule has 3 nitrogen and oxygen atoms in total. The van der Waals surface area contributed by atoms with Crippen LogP contribution in [0.15, 0.2) is 29.3 Å². The Hall–Kier alpha value is -1.60. The Kier molecular flexibility index (Phi) is 3.37. The summed E-state index contributed by atoms with van der Waals surface area (Å²) in [5, 5.41) is 1.46. The molecule has 4 heteroatoms. The van der Waals surface area contributed by atoms with E-state index in [4.69, 9.17) is 0 Å². The summed E-state index contributed by atoms with van der Waals surface area (Å²) >= 11 is 3.31. The molecule has 0 aliphatic heterocycles. The van der Waals surface area contributed by atoms with Crippen molar-refractivity contribution >= 4 is 26.8 Å². The second-order valence-corrected chi connectivity index (χ2v) is 4.00. The Morgan fingerprint density at radius 3 is 3.12 bits per heavy atom. The molecule has 0 bridgehead atoms. The molecule has 1 aromatic heterocycles. The van der Waals surface area contributed by atoms with Crippen molar-refractivity contribution in [3.8, 4) is 11.8 Å². The third-order valence-electron chi connectivity index (χ3n) is 2.09. The summed E-state index contributed by atoms with van der Waals surface area (Å²) in [5.41, 5.74) is 1.44. The Labute approximate surface area is 101 Å². The van der Waals surface area contributed by atoms with E-state index in [1.165, 1.54) is 6.33 Å². The van der Waals surface area contributed by atoms with E-state index in [0.717, 1.165) is 17.3 Å². The topological polar surface area (TPSA) is 45.8 Å². The van der Waals surface area contributed by atoms with Gasteiger partial charge in [-0.1, -0.05) is 27.8 Å². The van der Waals surface area contributed by atoms with Crippen molar-refractivity contribution in [2.45, 2.75) is 6.42 Å². The second-order valence-electron chi connectivity index (χ2n) is 3.20. The molecule has 2 aromatic rings. The molecule has 1 aromatic carbocycles. The predicted molar refractivity (Wildman–Crippen MR) is 67.7 cm³/mol. The van der Waals surface area contributed by atoms with Crippen LogP contribution >= 0.6 is 15.9 Å². The third-order valence-corrected chi connectivity index (χ3v) is 2.49. The molecule has 0 fully saturated rings. The highest BCUT2D eigenvalue weighted by molar-refractivity contribution is 9.09. The zero-order chi connectivity index (χ0) is 11.4. The minimum atomic E-state index is -0.120. The van der Waals surface area contributed by atoms with Crippen molar-refractivity contribution in [2.24, 2.45) is 0 Å². The average molecular weight is 277 g/mol. The van der Waals surface area contributed by atoms with Crippen molar-refractivity contribution in [3.63, 3.8) is 0 Å². The lowest BCUT2D eigenvalue weighted by atomic mass is 10.1. The number of H-pyrrole nitrogens is 1. The highest BCUT2D eigenvalue weighted by atomic mass is 79.9. The number of hydrogen-bond donors (Lipinski definition) is 1. The molecule has 1 heterocycles. The van der Waals surface area contributed by atoms with Crippen LogP contribution in [0.3, 0.4) is 0 Å². The van der Waals surface area contributed by atoms with E-state index in [0.29, 0.717) is 10.9 Å². The fourth-order valence-electron chi connectivity index (χ4n) is 1.36. The lowest BCUT2D eigenvalue weighted by Gasteiger charge is -1.95. The van der Waals surface area contributed by atoms with Gasteiger partial charge in [-0.2, -0.15) is 0 Å². The summed E-state index contributed by atoms with van der Waals surface area (Å²) in [7, 11) is 0. The number of halogens is 1. The molecule has 0 saturated carbocycles. The standard InChI is InChI=1S/C12H9BrN2O/c13-6-2-1-3-9-4-5-10-11(7-9)14-8-15-12(10)16/h4-5,7-8H,2,6H2,(H,14,15,16). The maximum atomic E-state index is 11.4. The van der Waals surface area contributed by atoms with E-state index in [9.17, 15) is 4.79 Å². The van der Waals surface area contributed by atoms with E-state index >= 15 is 0 Å². The van der Waals surface area contributed by atoms with Gasteiger partial charge in [-0.25, -0.2) is 4.98 Å². The quantitative estimate of drug-likeness (QED) is 0.640. The van der Waals surface area contributed by atoms with Gasteiger partial charge in [-0.3, -0.25) is 4.79 Å². The van der Waals surface area contributed by atoms with E-state index in [-0.39, 0.29) is 5.56 Å². The number of nitrogens with one attached hydrogen (secondary N) is 1. The fourth-order valence-corrected chi connectivity index (χ4v) is 1.56. The van der Waals surface area contributed by atoms with Crippen LogP contribution in [0.2, 0.25) is 0 Å².